The second kappa shape index (κ2) is 9.16. The van der Waals surface area contributed by atoms with Gasteiger partial charge in [-0.25, -0.2) is 4.98 Å². The minimum atomic E-state index is -0.174. The number of piperidine rings is 1. The summed E-state index contributed by atoms with van der Waals surface area (Å²) in [7, 11) is 2.22. The summed E-state index contributed by atoms with van der Waals surface area (Å²) < 4.78 is 0. The molecular formula is C23H35N5O. The van der Waals surface area contributed by atoms with Crippen molar-refractivity contribution in [1.29, 1.82) is 0 Å². The summed E-state index contributed by atoms with van der Waals surface area (Å²) in [5.74, 6) is 1.73. The number of likely N-dealkylation sites (tertiary alicyclic amines) is 1. The Morgan fingerprint density at radius 2 is 2.00 bits per heavy atom. The van der Waals surface area contributed by atoms with Gasteiger partial charge in [-0.1, -0.05) is 19.3 Å². The topological polar surface area (TPSA) is 78.2 Å². The van der Waals surface area contributed by atoms with Crippen LogP contribution in [0.2, 0.25) is 0 Å². The molecule has 2 aromatic heterocycles. The van der Waals surface area contributed by atoms with Crippen molar-refractivity contribution >= 4 is 22.6 Å². The van der Waals surface area contributed by atoms with Gasteiger partial charge >= 0.3 is 0 Å². The fourth-order valence-corrected chi connectivity index (χ4v) is 5.05. The van der Waals surface area contributed by atoms with Gasteiger partial charge in [0.2, 0.25) is 5.91 Å². The summed E-state index contributed by atoms with van der Waals surface area (Å²) in [6.07, 6.45) is 12.1. The fraction of sp³-hybridized carbons (Fsp3) is 0.652. The lowest BCUT2D eigenvalue weighted by molar-refractivity contribution is -0.118. The number of nitrogens with two attached hydrogens (primary N) is 1. The van der Waals surface area contributed by atoms with Gasteiger partial charge in [-0.15, -0.1) is 0 Å². The molecule has 158 valence electrons. The van der Waals surface area contributed by atoms with Crippen molar-refractivity contribution < 1.29 is 4.79 Å². The van der Waals surface area contributed by atoms with Crippen LogP contribution in [0.3, 0.4) is 0 Å². The second-order valence-corrected chi connectivity index (χ2v) is 8.99. The molecule has 4 heterocycles. The minimum absolute atomic E-state index is 0.174. The number of unbranched alkanes of at least 4 members (excludes halogenated alkanes) is 2. The average molecular weight is 398 g/mol. The largest absolute Gasteiger partial charge is 0.370 e. The summed E-state index contributed by atoms with van der Waals surface area (Å²) in [5, 5.41) is 1.22. The zero-order valence-electron chi connectivity index (χ0n) is 17.7. The lowest BCUT2D eigenvalue weighted by Crippen LogP contribution is -2.34. The van der Waals surface area contributed by atoms with Gasteiger partial charge in [-0.3, -0.25) is 9.69 Å². The number of aromatic nitrogens is 2. The maximum Gasteiger partial charge on any atom is 0.217 e. The average Bonchev–Trinajstić information content (AvgIpc) is 3.33. The van der Waals surface area contributed by atoms with Crippen LogP contribution >= 0.6 is 0 Å². The van der Waals surface area contributed by atoms with Crippen LogP contribution in [0.15, 0.2) is 18.3 Å². The number of hydrogen-bond acceptors (Lipinski definition) is 4. The highest BCUT2D eigenvalue weighted by molar-refractivity contribution is 5.82. The van der Waals surface area contributed by atoms with Crippen LogP contribution in [0.4, 0.5) is 5.82 Å². The Morgan fingerprint density at radius 3 is 2.72 bits per heavy atom. The molecule has 4 rings (SSSR count). The third-order valence-corrected chi connectivity index (χ3v) is 6.86. The number of nitrogens with one attached hydrogen (secondary N) is 1. The Labute approximate surface area is 173 Å². The number of carbonyl (C=O) groups excluding carboxylic acids is 1. The van der Waals surface area contributed by atoms with Crippen LogP contribution in [0.5, 0.6) is 0 Å². The van der Waals surface area contributed by atoms with E-state index in [1.165, 1.54) is 61.7 Å². The normalized spacial score (nSPS) is 21.3. The SMILES string of the molecule is CN1CCC[C@@H]1c1cc2cnc(N3CCC(CCCCCC(N)=O)CC3)cc2[nH]1. The quantitative estimate of drug-likeness (QED) is 0.661. The third kappa shape index (κ3) is 4.92. The highest BCUT2D eigenvalue weighted by atomic mass is 16.1. The highest BCUT2D eigenvalue weighted by Gasteiger charge is 2.25. The number of aromatic amines is 1. The van der Waals surface area contributed by atoms with Gasteiger partial charge in [0.15, 0.2) is 0 Å². The van der Waals surface area contributed by atoms with Crippen LogP contribution in [-0.4, -0.2) is 47.5 Å². The molecule has 1 amide bonds. The number of hydrogen-bond donors (Lipinski definition) is 2. The number of nitrogens with zero attached hydrogens (tertiary/aromatic N) is 3. The summed E-state index contributed by atoms with van der Waals surface area (Å²) in [4.78, 5) is 24.1. The molecule has 2 saturated heterocycles. The molecule has 0 unspecified atom stereocenters. The summed E-state index contributed by atoms with van der Waals surface area (Å²) in [6, 6.07) is 5.03. The van der Waals surface area contributed by atoms with E-state index in [0.717, 1.165) is 37.7 Å². The molecule has 0 aliphatic carbocycles. The number of rotatable bonds is 8. The Hall–Kier alpha value is -2.08. The number of primary amides is 1. The van der Waals surface area contributed by atoms with E-state index < -0.39 is 0 Å². The van der Waals surface area contributed by atoms with Crippen molar-refractivity contribution in [3.8, 4) is 0 Å². The summed E-state index contributed by atoms with van der Waals surface area (Å²) in [6.45, 7) is 3.36. The van der Waals surface area contributed by atoms with Crippen molar-refractivity contribution in [3.05, 3.63) is 24.0 Å². The molecular weight excluding hydrogens is 362 g/mol. The molecule has 2 fully saturated rings. The first-order valence-corrected chi connectivity index (χ1v) is 11.3. The fourth-order valence-electron chi connectivity index (χ4n) is 5.05. The summed E-state index contributed by atoms with van der Waals surface area (Å²) in [5.41, 5.74) is 7.74. The molecule has 0 aromatic carbocycles. The van der Waals surface area contributed by atoms with Crippen LogP contribution in [0.25, 0.3) is 10.9 Å². The van der Waals surface area contributed by atoms with Gasteiger partial charge in [-0.05, 0) is 57.7 Å². The molecule has 0 bridgehead atoms. The monoisotopic (exact) mass is 397 g/mol. The molecule has 3 N–H and O–H groups in total. The third-order valence-electron chi connectivity index (χ3n) is 6.86. The number of anilines is 1. The lowest BCUT2D eigenvalue weighted by atomic mass is 9.91. The molecule has 2 aliphatic heterocycles. The van der Waals surface area contributed by atoms with Crippen molar-refractivity contribution in [1.82, 2.24) is 14.9 Å². The van der Waals surface area contributed by atoms with E-state index in [4.69, 9.17) is 10.7 Å². The Balaban J connectivity index is 1.30. The van der Waals surface area contributed by atoms with E-state index in [2.05, 4.69) is 34.0 Å². The van der Waals surface area contributed by atoms with Crippen molar-refractivity contribution in [2.45, 2.75) is 63.8 Å². The van der Waals surface area contributed by atoms with Crippen LogP contribution in [0, 0.1) is 5.92 Å². The maximum atomic E-state index is 10.8. The molecule has 0 saturated carbocycles. The minimum Gasteiger partial charge on any atom is -0.370 e. The van der Waals surface area contributed by atoms with Gasteiger partial charge in [0, 0.05) is 48.9 Å². The standard InChI is InChI=1S/C23H35N5O/c1-27-11-5-7-21(27)20-14-18-16-25-23(15-19(18)26-20)28-12-9-17(10-13-28)6-3-2-4-8-22(24)29/h14-17,21,26H,2-13H2,1H3,(H2,24,29)/t21-/m1/s1. The van der Waals surface area contributed by atoms with Gasteiger partial charge in [-0.2, -0.15) is 0 Å². The van der Waals surface area contributed by atoms with Crippen molar-refractivity contribution in [2.24, 2.45) is 11.7 Å². The molecule has 29 heavy (non-hydrogen) atoms. The smallest absolute Gasteiger partial charge is 0.217 e. The van der Waals surface area contributed by atoms with Crippen molar-refractivity contribution in [3.63, 3.8) is 0 Å². The predicted octanol–water partition coefficient (Wildman–Crippen LogP) is 3.98. The predicted molar refractivity (Wildman–Crippen MR) is 118 cm³/mol. The second-order valence-electron chi connectivity index (χ2n) is 8.99. The van der Waals surface area contributed by atoms with E-state index >= 15 is 0 Å². The number of fused-ring (bicyclic) bond motifs is 1. The van der Waals surface area contributed by atoms with Gasteiger partial charge in [0.1, 0.15) is 5.82 Å². The zero-order valence-corrected chi connectivity index (χ0v) is 17.7. The van der Waals surface area contributed by atoms with E-state index in [9.17, 15) is 4.79 Å². The first kappa shape index (κ1) is 20.2. The van der Waals surface area contributed by atoms with Gasteiger partial charge in [0.25, 0.3) is 0 Å². The number of amides is 1. The molecule has 6 nitrogen and oxygen atoms in total. The Kier molecular flexibility index (Phi) is 6.38. The Morgan fingerprint density at radius 1 is 1.17 bits per heavy atom. The van der Waals surface area contributed by atoms with E-state index in [-0.39, 0.29) is 5.91 Å². The van der Waals surface area contributed by atoms with Crippen LogP contribution in [0.1, 0.15) is 69.5 Å². The van der Waals surface area contributed by atoms with Crippen LogP contribution < -0.4 is 10.6 Å². The van der Waals surface area contributed by atoms with Crippen molar-refractivity contribution in [2.75, 3.05) is 31.6 Å². The number of H-pyrrole nitrogens is 1. The lowest BCUT2D eigenvalue weighted by Gasteiger charge is -2.32. The van der Waals surface area contributed by atoms with E-state index in [1.54, 1.807) is 0 Å². The Bertz CT molecular complexity index is 824. The maximum absolute atomic E-state index is 10.8. The van der Waals surface area contributed by atoms with Gasteiger partial charge in [0.05, 0.1) is 5.52 Å². The number of pyridine rings is 1. The van der Waals surface area contributed by atoms with Gasteiger partial charge < -0.3 is 15.6 Å². The molecule has 2 aliphatic rings. The molecule has 6 heteroatoms. The molecule has 2 aromatic rings. The molecule has 0 spiro atoms. The zero-order chi connectivity index (χ0) is 20.2. The highest BCUT2D eigenvalue weighted by Crippen LogP contribution is 2.33. The first-order chi connectivity index (χ1) is 14.1. The van der Waals surface area contributed by atoms with Crippen LogP contribution in [-0.2, 0) is 4.79 Å². The summed E-state index contributed by atoms with van der Waals surface area (Å²) >= 11 is 0. The first-order valence-electron chi connectivity index (χ1n) is 11.3. The molecule has 0 radical (unpaired) electrons. The van der Waals surface area contributed by atoms with E-state index in [0.29, 0.717) is 12.5 Å². The molecule has 1 atom stereocenters. The number of carbonyl (C=O) groups is 1. The van der Waals surface area contributed by atoms with E-state index in [1.807, 2.05) is 6.20 Å².